The maximum Gasteiger partial charge on any atom is 0.326 e. The van der Waals surface area contributed by atoms with E-state index in [-0.39, 0.29) is 121 Å². The van der Waals surface area contributed by atoms with Crippen molar-refractivity contribution in [3.05, 3.63) is 54.1 Å². The van der Waals surface area contributed by atoms with Gasteiger partial charge in [-0.2, -0.15) is 0 Å². The number of hydrogen-bond donors (Lipinski definition) is 26. The smallest absolute Gasteiger partial charge is 0.326 e. The van der Waals surface area contributed by atoms with E-state index in [1.165, 1.54) is 12.5 Å². The fourth-order valence-corrected chi connectivity index (χ4v) is 11.3. The Hall–Kier alpha value is -11.6. The molecule has 2 aromatic rings. The Bertz CT molecular complexity index is 3540. The van der Waals surface area contributed by atoms with Crippen LogP contribution in [0.15, 0.2) is 42.9 Å². The zero-order chi connectivity index (χ0) is 85.7. The van der Waals surface area contributed by atoms with Gasteiger partial charge in [0.25, 0.3) is 0 Å². The quantitative estimate of drug-likeness (QED) is 0.0166. The molecule has 0 aliphatic rings. The van der Waals surface area contributed by atoms with Crippen LogP contribution in [-0.4, -0.2) is 242 Å². The Morgan fingerprint density at radius 2 is 0.886 bits per heavy atom. The molecule has 31 N–H and O–H groups in total. The predicted molar refractivity (Wildman–Crippen MR) is 411 cm³/mol. The maximum atomic E-state index is 14.9. The van der Waals surface area contributed by atoms with Crippen molar-refractivity contribution in [1.29, 1.82) is 10.8 Å². The van der Waals surface area contributed by atoms with Gasteiger partial charge in [-0.3, -0.25) is 82.7 Å². The van der Waals surface area contributed by atoms with Crippen LogP contribution in [0.4, 0.5) is 0 Å². The molecule has 0 aliphatic carbocycles. The number of nitrogens with zero attached hydrogens (tertiary/aromatic N) is 1. The summed E-state index contributed by atoms with van der Waals surface area (Å²) in [5, 5.41) is 89.7. The number of nitrogens with two attached hydrogens (primary N) is 5. The minimum absolute atomic E-state index is 0.0190. The molecule has 0 spiro atoms. The first kappa shape index (κ1) is 98.4. The number of aliphatic hydroxyl groups is 1. The number of carbonyl (C=O) groups excluding carboxylic acids is 13. The number of unbranched alkanes of at least 4 members (excludes halogenated alkanes) is 1. The Morgan fingerprint density at radius 1 is 0.465 bits per heavy atom. The molecule has 1 aromatic carbocycles. The van der Waals surface area contributed by atoms with Crippen molar-refractivity contribution < 1.29 is 97.1 Å². The largest absolute Gasteiger partial charge is 0.481 e. The van der Waals surface area contributed by atoms with E-state index in [0.717, 1.165) is 0 Å². The topological polar surface area (TPSA) is 729 Å². The molecule has 43 nitrogen and oxygen atoms in total. The summed E-state index contributed by atoms with van der Waals surface area (Å²) in [6, 6.07) is -10.3. The molecule has 13 atom stereocenters. The van der Waals surface area contributed by atoms with Crippen molar-refractivity contribution >= 4 is 107 Å². The average Bonchev–Trinajstić information content (AvgIpc) is 1.19. The van der Waals surface area contributed by atoms with E-state index in [0.29, 0.717) is 17.7 Å². The van der Waals surface area contributed by atoms with E-state index in [4.69, 9.17) is 39.5 Å². The first-order valence-electron chi connectivity index (χ1n) is 37.6. The molecule has 0 saturated heterocycles. The summed E-state index contributed by atoms with van der Waals surface area (Å²) in [4.78, 5) is 224. The Balaban J connectivity index is 2.54. The number of primary amides is 1. The Labute approximate surface area is 659 Å². The first-order valence-corrected chi connectivity index (χ1v) is 37.6. The van der Waals surface area contributed by atoms with Crippen LogP contribution in [0.25, 0.3) is 0 Å². The SMILES string of the molecule is CC[C@H](C)[C@H](NC(=O)[C@H](Cc1ccccc1)NC(=O)[C@H](CCCNC(=N)N)NC(=O)[C@H](CO)NC(=O)CNC(=O)[C@H](Cc1c[nH]cn1)NC(=O)[C@@H](N)CCC(N)=O)C(=O)N[C@@H](CCC(=O)O)C(=O)N[C@@H](CC(C)C)C(=O)N[C@@H](CCCCN)C(=O)N[C@@H](CC(C)C)C(=O)N[C@@H](CCC(=O)O)C(=O)N[C@@H](CCCNC(=N)N)C(=O)O. The second kappa shape index (κ2) is 52.6. The molecule has 13 amide bonds. The van der Waals surface area contributed by atoms with Crippen LogP contribution in [0.1, 0.15) is 156 Å². The molecule has 0 unspecified atom stereocenters. The van der Waals surface area contributed by atoms with Crippen LogP contribution in [0, 0.1) is 28.6 Å². The minimum Gasteiger partial charge on any atom is -0.481 e. The highest BCUT2D eigenvalue weighted by Crippen LogP contribution is 2.16. The van der Waals surface area contributed by atoms with Gasteiger partial charge in [-0.15, -0.1) is 0 Å². The third-order valence-corrected chi connectivity index (χ3v) is 17.6. The number of carboxylic acid groups (broad SMARTS) is 3. The number of nitrogens with one attached hydrogen (secondary N) is 17. The number of carbonyl (C=O) groups is 16. The van der Waals surface area contributed by atoms with Gasteiger partial charge in [0, 0.05) is 51.4 Å². The molecule has 0 fully saturated rings. The first-order chi connectivity index (χ1) is 53.8. The third-order valence-electron chi connectivity index (χ3n) is 17.6. The zero-order valence-corrected chi connectivity index (χ0v) is 65.1. The highest BCUT2D eigenvalue weighted by molar-refractivity contribution is 6.00. The fourth-order valence-electron chi connectivity index (χ4n) is 11.3. The van der Waals surface area contributed by atoms with Gasteiger partial charge in [0.1, 0.15) is 66.5 Å². The van der Waals surface area contributed by atoms with Crippen molar-refractivity contribution in [1.82, 2.24) is 84.4 Å². The number of imidazole rings is 1. The lowest BCUT2D eigenvalue weighted by molar-refractivity contribution is -0.143. The van der Waals surface area contributed by atoms with Gasteiger partial charge >= 0.3 is 17.9 Å². The van der Waals surface area contributed by atoms with Crippen LogP contribution in [0.3, 0.4) is 0 Å². The summed E-state index contributed by atoms with van der Waals surface area (Å²) in [5.41, 5.74) is 28.5. The van der Waals surface area contributed by atoms with Gasteiger partial charge < -0.3 is 129 Å². The molecule has 114 heavy (non-hydrogen) atoms. The lowest BCUT2D eigenvalue weighted by atomic mass is 9.96. The summed E-state index contributed by atoms with van der Waals surface area (Å²) >= 11 is 0. The lowest BCUT2D eigenvalue weighted by Gasteiger charge is -2.30. The summed E-state index contributed by atoms with van der Waals surface area (Å²) in [6.07, 6.45) is -0.385. The normalized spacial score (nSPS) is 14.5. The Morgan fingerprint density at radius 3 is 1.32 bits per heavy atom. The molecule has 43 heteroatoms. The summed E-state index contributed by atoms with van der Waals surface area (Å²) in [7, 11) is 0. The van der Waals surface area contributed by atoms with E-state index in [1.807, 2.05) is 0 Å². The summed E-state index contributed by atoms with van der Waals surface area (Å²) < 4.78 is 0. The standard InChI is InChI=1S/C71H117N23O20/c1-7-39(6)57(94-66(110)50(31-40-15-9-8-10-16-40)93-61(105)44(18-13-27-80-70(75)76)86-67(111)52(35-95)84-54(97)34-82-59(103)51(32-41-33-79-36-83-41)90-58(102)42(73)20-23-53(74)96)68(112)88-46(22-25-56(100)101)63(107)92-48(29-37(2)3)64(108)85-43(17-11-12-26-72)60(104)91-49(30-38(4)5)65(109)87-45(21-24-55(98)99)62(106)89-47(69(113)114)19-14-28-81-71(77)78/h8-10,15-16,33,36-39,42-52,57,95H,7,11-14,17-32,34-35,72-73H2,1-6H3,(H2,74,96)(H,79,83)(H,82,103)(H,84,97)(H,85,108)(H,86,111)(H,87,109)(H,88,112)(H,89,106)(H,90,102)(H,91,104)(H,92,107)(H,93,105)(H,94,110)(H,98,99)(H,100,101)(H,113,114)(H4,75,76,80)(H4,77,78,81)/t39-,42-,43-,44-,45-,46-,47-,48-,49-,50-,51-,52-,57-/m0/s1. The number of hydrogen-bond acceptors (Lipinski definition) is 22. The van der Waals surface area contributed by atoms with Crippen molar-refractivity contribution in [3.63, 3.8) is 0 Å². The van der Waals surface area contributed by atoms with Crippen molar-refractivity contribution in [2.75, 3.05) is 32.8 Å². The van der Waals surface area contributed by atoms with Gasteiger partial charge in [0.05, 0.1) is 31.2 Å². The fraction of sp³-hybridized carbons (Fsp3) is 0.620. The van der Waals surface area contributed by atoms with Crippen LogP contribution >= 0.6 is 0 Å². The van der Waals surface area contributed by atoms with Crippen molar-refractivity contribution in [3.8, 4) is 0 Å². The molecule has 0 aliphatic heterocycles. The van der Waals surface area contributed by atoms with Crippen LogP contribution in [0.2, 0.25) is 0 Å². The number of aliphatic carboxylic acids is 3. The van der Waals surface area contributed by atoms with Crippen LogP contribution in [0.5, 0.6) is 0 Å². The van der Waals surface area contributed by atoms with Crippen LogP contribution < -0.4 is 103 Å². The second-order valence-corrected chi connectivity index (χ2v) is 28.2. The summed E-state index contributed by atoms with van der Waals surface area (Å²) in [5.74, 6) is -19.2. The molecule has 1 aromatic heterocycles. The number of carboxylic acids is 3. The highest BCUT2D eigenvalue weighted by atomic mass is 16.4. The number of benzene rings is 1. The van der Waals surface area contributed by atoms with Gasteiger partial charge in [0.15, 0.2) is 11.9 Å². The monoisotopic (exact) mass is 1610 g/mol. The van der Waals surface area contributed by atoms with Gasteiger partial charge in [-0.05, 0) is 107 Å². The molecule has 636 valence electrons. The number of amides is 13. The molecule has 2 rings (SSSR count). The molecule has 0 radical (unpaired) electrons. The second-order valence-electron chi connectivity index (χ2n) is 28.2. The molecule has 1 heterocycles. The highest BCUT2D eigenvalue weighted by Gasteiger charge is 2.38. The van der Waals surface area contributed by atoms with E-state index >= 15 is 0 Å². The minimum atomic E-state index is -1.79. The van der Waals surface area contributed by atoms with E-state index in [2.05, 4.69) is 84.4 Å². The number of rotatable bonds is 57. The van der Waals surface area contributed by atoms with Crippen molar-refractivity contribution in [2.45, 2.75) is 230 Å². The van der Waals surface area contributed by atoms with E-state index in [9.17, 15) is 97.1 Å². The van der Waals surface area contributed by atoms with Gasteiger partial charge in [-0.25, -0.2) is 9.78 Å². The zero-order valence-electron chi connectivity index (χ0n) is 65.1. The summed E-state index contributed by atoms with van der Waals surface area (Å²) in [6.45, 7) is 8.35. The van der Waals surface area contributed by atoms with E-state index in [1.54, 1.807) is 71.9 Å². The number of aliphatic hydroxyl groups excluding tert-OH is 1. The number of guanidine groups is 2. The lowest BCUT2D eigenvalue weighted by Crippen LogP contribution is -2.62. The van der Waals surface area contributed by atoms with Gasteiger partial charge in [0.2, 0.25) is 76.8 Å². The molecular weight excluding hydrogens is 1490 g/mol. The maximum absolute atomic E-state index is 14.9. The third kappa shape index (κ3) is 39.5. The van der Waals surface area contributed by atoms with Crippen LogP contribution in [-0.2, 0) is 89.6 Å². The molecular formula is C71H117N23O20. The van der Waals surface area contributed by atoms with Crippen molar-refractivity contribution in [2.24, 2.45) is 46.4 Å². The number of H-pyrrole nitrogens is 1. The van der Waals surface area contributed by atoms with E-state index < -0.39 is 218 Å². The predicted octanol–water partition coefficient (Wildman–Crippen LogP) is -6.16. The number of aromatic nitrogens is 2. The Kier molecular flexibility index (Phi) is 45.4. The molecule has 0 saturated carbocycles. The number of aromatic amines is 1. The average molecular weight is 1610 g/mol. The van der Waals surface area contributed by atoms with Gasteiger partial charge in [-0.1, -0.05) is 78.3 Å². The molecule has 0 bridgehead atoms.